The van der Waals surface area contributed by atoms with Crippen LogP contribution in [0.3, 0.4) is 0 Å². The standard InChI is InChI=1S/C35H46ClN7O5Si/c1-33(2,3)48-32(45)43-20-35(7,21-47-49(10,11)34(4,5)6)25-15-22(14-23(17-37)29(25)43)26-12-13-38-31(40-26)41-27-16-24(36)18-39-30(27)46-19-28(44)42(8)9/h12-16,18H,19-21H2,1-11H3,(H,38,40,41)/t35-/m1/s1. The molecule has 0 spiro atoms. The second-order valence-corrected chi connectivity index (χ2v) is 20.4. The number of amides is 2. The lowest BCUT2D eigenvalue weighted by Crippen LogP contribution is -2.46. The van der Waals surface area contributed by atoms with Crippen molar-refractivity contribution in [1.82, 2.24) is 19.9 Å². The van der Waals surface area contributed by atoms with Crippen LogP contribution in [-0.2, 0) is 19.4 Å². The molecule has 14 heteroatoms. The van der Waals surface area contributed by atoms with Crippen molar-refractivity contribution in [2.24, 2.45) is 0 Å². The Morgan fingerprint density at radius 2 is 1.84 bits per heavy atom. The highest BCUT2D eigenvalue weighted by Gasteiger charge is 2.47. The lowest BCUT2D eigenvalue weighted by molar-refractivity contribution is -0.130. The van der Waals surface area contributed by atoms with Crippen molar-refractivity contribution < 1.29 is 23.5 Å². The van der Waals surface area contributed by atoms with Crippen molar-refractivity contribution in [1.29, 1.82) is 5.26 Å². The number of halogens is 1. The first kappa shape index (κ1) is 37.6. The molecule has 1 aliphatic heterocycles. The summed E-state index contributed by atoms with van der Waals surface area (Å²) in [6.07, 6.45) is 2.48. The summed E-state index contributed by atoms with van der Waals surface area (Å²) in [5, 5.41) is 13.8. The van der Waals surface area contributed by atoms with Gasteiger partial charge in [0.1, 0.15) is 17.4 Å². The van der Waals surface area contributed by atoms with Crippen molar-refractivity contribution in [3.63, 3.8) is 0 Å². The van der Waals surface area contributed by atoms with Gasteiger partial charge in [0.05, 0.1) is 22.0 Å². The molecule has 262 valence electrons. The minimum Gasteiger partial charge on any atom is -0.466 e. The minimum atomic E-state index is -2.17. The van der Waals surface area contributed by atoms with E-state index in [0.29, 0.717) is 39.8 Å². The Kier molecular flexibility index (Phi) is 10.7. The monoisotopic (exact) mass is 707 g/mol. The second kappa shape index (κ2) is 13.9. The smallest absolute Gasteiger partial charge is 0.414 e. The topological polar surface area (TPSA) is 143 Å². The van der Waals surface area contributed by atoms with Gasteiger partial charge >= 0.3 is 6.09 Å². The van der Waals surface area contributed by atoms with E-state index in [-0.39, 0.29) is 35.9 Å². The summed E-state index contributed by atoms with van der Waals surface area (Å²) in [5.74, 6) is 0.124. The number of anilines is 3. The number of nitrogens with zero attached hydrogens (tertiary/aromatic N) is 6. The number of nitriles is 1. The third-order valence-electron chi connectivity index (χ3n) is 8.68. The fourth-order valence-electron chi connectivity index (χ4n) is 4.87. The van der Waals surface area contributed by atoms with Crippen molar-refractivity contribution in [2.45, 2.75) is 77.6 Å². The Morgan fingerprint density at radius 1 is 1.14 bits per heavy atom. The van der Waals surface area contributed by atoms with E-state index in [9.17, 15) is 14.9 Å². The molecule has 3 heterocycles. The Balaban J connectivity index is 1.76. The third kappa shape index (κ3) is 8.68. The molecular formula is C35H46ClN7O5Si. The maximum atomic E-state index is 13.6. The zero-order valence-electron chi connectivity index (χ0n) is 30.2. The van der Waals surface area contributed by atoms with Gasteiger partial charge in [-0.1, -0.05) is 39.3 Å². The number of nitrogens with one attached hydrogen (secondary N) is 1. The number of aromatic nitrogens is 3. The fourth-order valence-corrected chi connectivity index (χ4v) is 6.15. The number of hydrogen-bond donors (Lipinski definition) is 1. The van der Waals surface area contributed by atoms with Gasteiger partial charge in [-0.25, -0.2) is 19.7 Å². The quantitative estimate of drug-likeness (QED) is 0.225. The van der Waals surface area contributed by atoms with E-state index in [2.05, 4.69) is 62.1 Å². The first-order valence-corrected chi connectivity index (χ1v) is 19.2. The number of ether oxygens (including phenoxy) is 2. The van der Waals surface area contributed by atoms with Crippen molar-refractivity contribution >= 4 is 49.2 Å². The zero-order chi connectivity index (χ0) is 36.5. The third-order valence-corrected chi connectivity index (χ3v) is 13.4. The molecule has 0 unspecified atom stereocenters. The molecular weight excluding hydrogens is 662 g/mol. The van der Waals surface area contributed by atoms with Crippen LogP contribution in [0.4, 0.5) is 22.1 Å². The van der Waals surface area contributed by atoms with E-state index < -0.39 is 25.4 Å². The van der Waals surface area contributed by atoms with Gasteiger partial charge in [0.25, 0.3) is 5.91 Å². The van der Waals surface area contributed by atoms with Crippen molar-refractivity contribution in [2.75, 3.05) is 44.1 Å². The number of rotatable bonds is 9. The van der Waals surface area contributed by atoms with E-state index in [1.807, 2.05) is 26.8 Å². The first-order chi connectivity index (χ1) is 22.6. The molecule has 49 heavy (non-hydrogen) atoms. The van der Waals surface area contributed by atoms with Crippen molar-refractivity contribution in [3.8, 4) is 23.2 Å². The fraction of sp³-hybridized carbons (Fsp3) is 0.486. The molecule has 0 saturated heterocycles. The van der Waals surface area contributed by atoms with E-state index in [1.54, 1.807) is 43.4 Å². The van der Waals surface area contributed by atoms with Gasteiger partial charge in [-0.05, 0) is 68.7 Å². The molecule has 3 aromatic rings. The van der Waals surface area contributed by atoms with E-state index in [4.69, 9.17) is 30.5 Å². The van der Waals surface area contributed by atoms with Crippen LogP contribution >= 0.6 is 11.6 Å². The molecule has 0 fully saturated rings. The van der Waals surface area contributed by atoms with Crippen LogP contribution in [-0.4, -0.2) is 79.6 Å². The molecule has 2 aromatic heterocycles. The number of pyridine rings is 1. The highest BCUT2D eigenvalue weighted by Crippen LogP contribution is 2.47. The average molecular weight is 708 g/mol. The average Bonchev–Trinajstić information content (AvgIpc) is 3.31. The molecule has 1 atom stereocenters. The molecule has 0 saturated carbocycles. The zero-order valence-corrected chi connectivity index (χ0v) is 31.9. The van der Waals surface area contributed by atoms with Crippen LogP contribution in [0.1, 0.15) is 59.6 Å². The number of carbonyl (C=O) groups excluding carboxylic acids is 2. The van der Waals surface area contributed by atoms with Crippen LogP contribution in [0.15, 0.2) is 36.7 Å². The van der Waals surface area contributed by atoms with Gasteiger partial charge in [-0.2, -0.15) is 5.26 Å². The number of likely N-dealkylation sites (N-methyl/N-ethyl adjacent to an activating group) is 1. The molecule has 0 bridgehead atoms. The Bertz CT molecular complexity index is 1780. The van der Waals surface area contributed by atoms with Crippen LogP contribution in [0.25, 0.3) is 11.3 Å². The highest BCUT2D eigenvalue weighted by atomic mass is 35.5. The maximum Gasteiger partial charge on any atom is 0.414 e. The number of hydrogen-bond acceptors (Lipinski definition) is 10. The SMILES string of the molecule is CN(C)C(=O)COc1ncc(Cl)cc1Nc1nccc(-c2cc(C#N)c3c(c2)[C@@](C)(CO[Si](C)(C)C(C)(C)C)CN3C(=O)OC(C)(C)C)n1. The summed E-state index contributed by atoms with van der Waals surface area (Å²) >= 11 is 6.24. The normalized spacial score (nSPS) is 16.1. The summed E-state index contributed by atoms with van der Waals surface area (Å²) < 4.78 is 18.2. The Hall–Kier alpha value is -4.25. The summed E-state index contributed by atoms with van der Waals surface area (Å²) in [5.41, 5.74) is 1.78. The summed E-state index contributed by atoms with van der Waals surface area (Å²) in [7, 11) is 1.09. The van der Waals surface area contributed by atoms with Gasteiger partial charge in [0.15, 0.2) is 14.9 Å². The summed E-state index contributed by atoms with van der Waals surface area (Å²) in [6, 6.07) is 9.32. The Morgan fingerprint density at radius 3 is 2.45 bits per heavy atom. The van der Waals surface area contributed by atoms with Gasteiger partial charge in [0, 0.05) is 50.6 Å². The largest absolute Gasteiger partial charge is 0.466 e. The first-order valence-electron chi connectivity index (χ1n) is 16.0. The lowest BCUT2D eigenvalue weighted by atomic mass is 9.83. The van der Waals surface area contributed by atoms with Crippen molar-refractivity contribution in [3.05, 3.63) is 52.8 Å². The molecule has 4 rings (SSSR count). The summed E-state index contributed by atoms with van der Waals surface area (Å²) in [6.45, 7) is 18.8. The molecule has 0 radical (unpaired) electrons. The van der Waals surface area contributed by atoms with Crippen LogP contribution in [0, 0.1) is 11.3 Å². The minimum absolute atomic E-state index is 0.0229. The van der Waals surface area contributed by atoms with E-state index >= 15 is 0 Å². The molecule has 0 aliphatic carbocycles. The maximum absolute atomic E-state index is 13.6. The van der Waals surface area contributed by atoms with Crippen LogP contribution in [0.2, 0.25) is 23.2 Å². The second-order valence-electron chi connectivity index (χ2n) is 15.2. The number of fused-ring (bicyclic) bond motifs is 1. The summed E-state index contributed by atoms with van der Waals surface area (Å²) in [4.78, 5) is 42.0. The predicted octanol–water partition coefficient (Wildman–Crippen LogP) is 7.31. The highest BCUT2D eigenvalue weighted by molar-refractivity contribution is 6.74. The van der Waals surface area contributed by atoms with Gasteiger partial charge in [-0.3, -0.25) is 9.69 Å². The van der Waals surface area contributed by atoms with Gasteiger partial charge < -0.3 is 24.1 Å². The lowest BCUT2D eigenvalue weighted by Gasteiger charge is -2.39. The van der Waals surface area contributed by atoms with Gasteiger partial charge in [0.2, 0.25) is 11.8 Å². The molecule has 2 amide bonds. The predicted molar refractivity (Wildman–Crippen MR) is 193 cm³/mol. The van der Waals surface area contributed by atoms with E-state index in [0.717, 1.165) is 5.56 Å². The number of carbonyl (C=O) groups is 2. The molecule has 1 aromatic carbocycles. The van der Waals surface area contributed by atoms with Crippen LogP contribution in [0.5, 0.6) is 5.88 Å². The van der Waals surface area contributed by atoms with Gasteiger partial charge in [-0.15, -0.1) is 0 Å². The Labute approximate surface area is 294 Å². The van der Waals surface area contributed by atoms with E-state index in [1.165, 1.54) is 11.1 Å². The van der Waals surface area contributed by atoms with Crippen LogP contribution < -0.4 is 15.0 Å². The molecule has 1 aliphatic rings. The molecule has 12 nitrogen and oxygen atoms in total. The number of benzene rings is 1. The molecule has 1 N–H and O–H groups in total.